The molecule has 1 aromatic carbocycles. The van der Waals surface area contributed by atoms with Gasteiger partial charge in [0.25, 0.3) is 0 Å². The summed E-state index contributed by atoms with van der Waals surface area (Å²) in [7, 11) is 0. The molecule has 4 heteroatoms. The number of benzene rings is 1. The highest BCUT2D eigenvalue weighted by molar-refractivity contribution is 5.84. The normalized spacial score (nSPS) is 21.1. The number of aromatic nitrogens is 1. The highest BCUT2D eigenvalue weighted by Crippen LogP contribution is 2.39. The molecule has 2 aromatic rings. The lowest BCUT2D eigenvalue weighted by molar-refractivity contribution is -0.125. The predicted molar refractivity (Wildman–Crippen MR) is 99.0 cm³/mol. The molecule has 0 bridgehead atoms. The number of carbonyl (C=O) groups is 1. The molecule has 24 heavy (non-hydrogen) atoms. The Balaban J connectivity index is 1.72. The summed E-state index contributed by atoms with van der Waals surface area (Å²) in [5.41, 5.74) is 8.28. The Labute approximate surface area is 144 Å². The zero-order chi connectivity index (χ0) is 16.9. The van der Waals surface area contributed by atoms with Crippen LogP contribution < -0.4 is 11.1 Å². The van der Waals surface area contributed by atoms with Gasteiger partial charge in [0.2, 0.25) is 5.91 Å². The first-order valence-electron chi connectivity index (χ1n) is 9.30. The van der Waals surface area contributed by atoms with Crippen LogP contribution in [-0.4, -0.2) is 23.6 Å². The van der Waals surface area contributed by atoms with E-state index >= 15 is 0 Å². The molecule has 1 aromatic heterocycles. The van der Waals surface area contributed by atoms with E-state index in [9.17, 15) is 4.79 Å². The standard InChI is InChI=1S/C20H29N3O/c1-2-13-23-14-18(17-5-3-4-6-19(17)23)15-7-9-16(10-8-15)20(24)22-12-11-21/h3-6,14-16H,2,7-13,21H2,1H3,(H,22,24). The minimum atomic E-state index is 0.164. The van der Waals surface area contributed by atoms with E-state index in [-0.39, 0.29) is 11.8 Å². The third-order valence-corrected chi connectivity index (χ3v) is 5.27. The average molecular weight is 327 g/mol. The molecule has 1 heterocycles. The molecule has 0 saturated heterocycles. The quantitative estimate of drug-likeness (QED) is 0.854. The molecular formula is C20H29N3O. The van der Waals surface area contributed by atoms with Gasteiger partial charge in [-0.2, -0.15) is 0 Å². The van der Waals surface area contributed by atoms with Gasteiger partial charge in [-0.05, 0) is 49.7 Å². The second kappa shape index (κ2) is 7.84. The number of para-hydroxylation sites is 1. The summed E-state index contributed by atoms with van der Waals surface area (Å²) in [5.74, 6) is 0.927. The summed E-state index contributed by atoms with van der Waals surface area (Å²) in [4.78, 5) is 12.1. The number of nitrogens with one attached hydrogen (secondary N) is 1. The van der Waals surface area contributed by atoms with E-state index in [4.69, 9.17) is 5.73 Å². The molecule has 3 rings (SSSR count). The lowest BCUT2D eigenvalue weighted by Gasteiger charge is -2.27. The number of hydrogen-bond donors (Lipinski definition) is 2. The van der Waals surface area contributed by atoms with Crippen molar-refractivity contribution in [2.45, 2.75) is 51.5 Å². The Kier molecular flexibility index (Phi) is 5.56. The number of amides is 1. The van der Waals surface area contributed by atoms with Crippen molar-refractivity contribution in [1.82, 2.24) is 9.88 Å². The monoisotopic (exact) mass is 327 g/mol. The predicted octanol–water partition coefficient (Wildman–Crippen LogP) is 3.40. The lowest BCUT2D eigenvalue weighted by Crippen LogP contribution is -2.35. The summed E-state index contributed by atoms with van der Waals surface area (Å²) in [6, 6.07) is 8.72. The van der Waals surface area contributed by atoms with Crippen molar-refractivity contribution in [2.24, 2.45) is 11.7 Å². The third-order valence-electron chi connectivity index (χ3n) is 5.27. The Morgan fingerprint density at radius 2 is 2.00 bits per heavy atom. The molecule has 0 aliphatic heterocycles. The SMILES string of the molecule is CCCn1cc(C2CCC(C(=O)NCCN)CC2)c2ccccc21. The van der Waals surface area contributed by atoms with Gasteiger partial charge in [0.15, 0.2) is 0 Å². The molecule has 3 N–H and O–H groups in total. The first-order chi connectivity index (χ1) is 11.7. The smallest absolute Gasteiger partial charge is 0.223 e. The molecular weight excluding hydrogens is 298 g/mol. The molecule has 1 saturated carbocycles. The first kappa shape index (κ1) is 17.0. The zero-order valence-corrected chi connectivity index (χ0v) is 14.6. The van der Waals surface area contributed by atoms with Crippen molar-refractivity contribution in [2.75, 3.05) is 13.1 Å². The minimum Gasteiger partial charge on any atom is -0.355 e. The van der Waals surface area contributed by atoms with E-state index in [0.717, 1.165) is 38.6 Å². The van der Waals surface area contributed by atoms with Gasteiger partial charge in [-0.1, -0.05) is 25.1 Å². The maximum atomic E-state index is 12.1. The summed E-state index contributed by atoms with van der Waals surface area (Å²) < 4.78 is 2.39. The Hall–Kier alpha value is -1.81. The van der Waals surface area contributed by atoms with Crippen molar-refractivity contribution in [1.29, 1.82) is 0 Å². The number of fused-ring (bicyclic) bond motifs is 1. The van der Waals surface area contributed by atoms with Crippen LogP contribution in [0.2, 0.25) is 0 Å². The van der Waals surface area contributed by atoms with Crippen LogP contribution in [0.5, 0.6) is 0 Å². The minimum absolute atomic E-state index is 0.164. The van der Waals surface area contributed by atoms with Crippen molar-refractivity contribution in [3.63, 3.8) is 0 Å². The Morgan fingerprint density at radius 1 is 1.25 bits per heavy atom. The molecule has 0 spiro atoms. The van der Waals surface area contributed by atoms with E-state index in [1.807, 2.05) is 0 Å². The Bertz CT molecular complexity index is 683. The fourth-order valence-corrected chi connectivity index (χ4v) is 4.03. The largest absolute Gasteiger partial charge is 0.355 e. The van der Waals surface area contributed by atoms with Crippen LogP contribution in [0.15, 0.2) is 30.5 Å². The maximum Gasteiger partial charge on any atom is 0.223 e. The van der Waals surface area contributed by atoms with Crippen molar-refractivity contribution in [3.8, 4) is 0 Å². The second-order valence-electron chi connectivity index (χ2n) is 6.92. The van der Waals surface area contributed by atoms with Gasteiger partial charge < -0.3 is 15.6 Å². The summed E-state index contributed by atoms with van der Waals surface area (Å²) in [6.45, 7) is 4.39. The summed E-state index contributed by atoms with van der Waals surface area (Å²) >= 11 is 0. The van der Waals surface area contributed by atoms with Crippen LogP contribution in [0.1, 0.15) is 50.5 Å². The van der Waals surface area contributed by atoms with Crippen LogP contribution in [0.3, 0.4) is 0 Å². The molecule has 1 fully saturated rings. The number of carbonyl (C=O) groups excluding carboxylic acids is 1. The van der Waals surface area contributed by atoms with Gasteiger partial charge in [0.05, 0.1) is 0 Å². The van der Waals surface area contributed by atoms with E-state index < -0.39 is 0 Å². The van der Waals surface area contributed by atoms with Crippen molar-refractivity contribution < 1.29 is 4.79 Å². The van der Waals surface area contributed by atoms with E-state index in [1.54, 1.807) is 0 Å². The van der Waals surface area contributed by atoms with Crippen molar-refractivity contribution in [3.05, 3.63) is 36.0 Å². The van der Waals surface area contributed by atoms with Crippen LogP contribution in [-0.2, 0) is 11.3 Å². The van der Waals surface area contributed by atoms with Crippen molar-refractivity contribution >= 4 is 16.8 Å². The molecule has 1 amide bonds. The highest BCUT2D eigenvalue weighted by atomic mass is 16.1. The molecule has 130 valence electrons. The van der Waals surface area contributed by atoms with E-state index in [1.165, 1.54) is 16.5 Å². The van der Waals surface area contributed by atoms with Gasteiger partial charge in [-0.25, -0.2) is 0 Å². The number of nitrogens with two attached hydrogens (primary N) is 1. The van der Waals surface area contributed by atoms with E-state index in [2.05, 4.69) is 47.3 Å². The van der Waals surface area contributed by atoms with Crippen LogP contribution >= 0.6 is 0 Å². The van der Waals surface area contributed by atoms with Gasteiger partial charge in [-0.3, -0.25) is 4.79 Å². The topological polar surface area (TPSA) is 60.0 Å². The van der Waals surface area contributed by atoms with Crippen LogP contribution in [0.25, 0.3) is 10.9 Å². The second-order valence-corrected chi connectivity index (χ2v) is 6.92. The molecule has 0 radical (unpaired) electrons. The van der Waals surface area contributed by atoms with Crippen LogP contribution in [0, 0.1) is 5.92 Å². The van der Waals surface area contributed by atoms with Gasteiger partial charge >= 0.3 is 0 Å². The first-order valence-corrected chi connectivity index (χ1v) is 9.30. The highest BCUT2D eigenvalue weighted by Gasteiger charge is 2.28. The molecule has 0 unspecified atom stereocenters. The number of hydrogen-bond acceptors (Lipinski definition) is 2. The van der Waals surface area contributed by atoms with E-state index in [0.29, 0.717) is 19.0 Å². The third kappa shape index (κ3) is 3.48. The average Bonchev–Trinajstić information content (AvgIpc) is 2.99. The van der Waals surface area contributed by atoms with Gasteiger partial charge in [-0.15, -0.1) is 0 Å². The summed E-state index contributed by atoms with van der Waals surface area (Å²) in [5, 5.41) is 4.33. The summed E-state index contributed by atoms with van der Waals surface area (Å²) in [6.07, 6.45) is 7.66. The lowest BCUT2D eigenvalue weighted by atomic mass is 9.78. The molecule has 1 aliphatic carbocycles. The van der Waals surface area contributed by atoms with Gasteiger partial charge in [0.1, 0.15) is 0 Å². The molecule has 1 aliphatic rings. The zero-order valence-electron chi connectivity index (χ0n) is 14.6. The van der Waals surface area contributed by atoms with Crippen LogP contribution in [0.4, 0.5) is 0 Å². The maximum absolute atomic E-state index is 12.1. The number of nitrogens with zero attached hydrogens (tertiary/aromatic N) is 1. The molecule has 4 nitrogen and oxygen atoms in total. The number of rotatable bonds is 6. The fourth-order valence-electron chi connectivity index (χ4n) is 4.03. The molecule has 0 atom stereocenters. The Morgan fingerprint density at radius 3 is 2.71 bits per heavy atom. The van der Waals surface area contributed by atoms with Gasteiger partial charge in [0, 0.05) is 42.7 Å². The number of aryl methyl sites for hydroxylation is 1. The fraction of sp³-hybridized carbons (Fsp3) is 0.550.